The summed E-state index contributed by atoms with van der Waals surface area (Å²) in [6.45, 7) is 0. The first kappa shape index (κ1) is 7.53. The van der Waals surface area contributed by atoms with E-state index in [2.05, 4.69) is 20.9 Å². The highest BCUT2D eigenvalue weighted by atomic mass is 79.9. The maximum absolute atomic E-state index is 5.99. The molecule has 2 aromatic heterocycles. The second kappa shape index (κ2) is 2.73. The highest BCUT2D eigenvalue weighted by molar-refractivity contribution is 9.10. The lowest BCUT2D eigenvalue weighted by molar-refractivity contribution is 1.42. The predicted molar refractivity (Wildman–Crippen MR) is 52.3 cm³/mol. The fourth-order valence-electron chi connectivity index (χ4n) is 0.869. The van der Waals surface area contributed by atoms with Crippen molar-refractivity contribution in [3.05, 3.63) is 27.1 Å². The lowest BCUT2D eigenvalue weighted by atomic mass is 10.3. The van der Waals surface area contributed by atoms with Crippen LogP contribution in [-0.4, -0.2) is 4.98 Å². The second-order valence-electron chi connectivity index (χ2n) is 2.06. The summed E-state index contributed by atoms with van der Waals surface area (Å²) in [5.41, 5.74) is 0. The number of pyridine rings is 1. The molecule has 56 valence electrons. The molecule has 0 amide bonds. The quantitative estimate of drug-likeness (QED) is 0.692. The first-order chi connectivity index (χ1) is 5.29. The average Bonchev–Trinajstić information content (AvgIpc) is 2.45. The van der Waals surface area contributed by atoms with Crippen molar-refractivity contribution in [1.29, 1.82) is 0 Å². The Morgan fingerprint density at radius 2 is 2.36 bits per heavy atom. The molecule has 0 bridgehead atoms. The van der Waals surface area contributed by atoms with Crippen LogP contribution in [0.3, 0.4) is 0 Å². The van der Waals surface area contributed by atoms with Gasteiger partial charge in [0.05, 0.1) is 9.50 Å². The molecule has 2 rings (SSSR count). The van der Waals surface area contributed by atoms with Crippen LogP contribution in [-0.2, 0) is 0 Å². The summed E-state index contributed by atoms with van der Waals surface area (Å²) in [5, 5.41) is 3.75. The van der Waals surface area contributed by atoms with Gasteiger partial charge in [-0.2, -0.15) is 0 Å². The molecule has 0 atom stereocenters. The smallest absolute Gasteiger partial charge is 0.124 e. The maximum atomic E-state index is 5.99. The molecule has 0 saturated carbocycles. The van der Waals surface area contributed by atoms with Crippen LogP contribution < -0.4 is 0 Å². The zero-order valence-corrected chi connectivity index (χ0v) is 8.50. The van der Waals surface area contributed by atoms with Crippen LogP contribution >= 0.6 is 38.9 Å². The second-order valence-corrected chi connectivity index (χ2v) is 4.19. The van der Waals surface area contributed by atoms with E-state index in [1.165, 1.54) is 0 Å². The van der Waals surface area contributed by atoms with Gasteiger partial charge in [0.1, 0.15) is 4.83 Å². The minimum absolute atomic E-state index is 0.747. The molecule has 0 aromatic carbocycles. The van der Waals surface area contributed by atoms with Gasteiger partial charge in [0.2, 0.25) is 0 Å². The Hall–Kier alpha value is -0.120. The van der Waals surface area contributed by atoms with Crippen LogP contribution in [0, 0.1) is 0 Å². The van der Waals surface area contributed by atoms with Gasteiger partial charge in [0, 0.05) is 11.6 Å². The monoisotopic (exact) mass is 247 g/mol. The van der Waals surface area contributed by atoms with Crippen molar-refractivity contribution >= 4 is 49.1 Å². The van der Waals surface area contributed by atoms with Crippen molar-refractivity contribution in [1.82, 2.24) is 4.98 Å². The third kappa shape index (κ3) is 1.17. The van der Waals surface area contributed by atoms with Crippen LogP contribution in [0.4, 0.5) is 0 Å². The number of hydrogen-bond acceptors (Lipinski definition) is 2. The van der Waals surface area contributed by atoms with Gasteiger partial charge in [-0.15, -0.1) is 11.3 Å². The molecule has 4 heteroatoms. The van der Waals surface area contributed by atoms with E-state index in [-0.39, 0.29) is 0 Å². The summed E-state index contributed by atoms with van der Waals surface area (Å²) in [4.78, 5) is 5.17. The summed E-state index contributed by atoms with van der Waals surface area (Å²) in [6, 6.07) is 1.97. The molecule has 2 heterocycles. The highest BCUT2D eigenvalue weighted by Gasteiger charge is 2.03. The molecule has 0 unspecified atom stereocenters. The highest BCUT2D eigenvalue weighted by Crippen LogP contribution is 2.31. The van der Waals surface area contributed by atoms with Crippen molar-refractivity contribution in [2.24, 2.45) is 0 Å². The lowest BCUT2D eigenvalue weighted by Gasteiger charge is -1.94. The standard InChI is InChI=1S/C7H3BrClNS/c8-5-3-10-7-4(6(5)9)1-2-11-7/h1-3H. The van der Waals surface area contributed by atoms with Gasteiger partial charge < -0.3 is 0 Å². The summed E-state index contributed by atoms with van der Waals surface area (Å²) in [7, 11) is 0. The van der Waals surface area contributed by atoms with Crippen molar-refractivity contribution < 1.29 is 0 Å². The number of nitrogens with zero attached hydrogens (tertiary/aromatic N) is 1. The van der Waals surface area contributed by atoms with Crippen molar-refractivity contribution in [2.45, 2.75) is 0 Å². The van der Waals surface area contributed by atoms with Gasteiger partial charge >= 0.3 is 0 Å². The number of halogens is 2. The molecule has 0 fully saturated rings. The van der Waals surface area contributed by atoms with E-state index in [1.807, 2.05) is 11.4 Å². The zero-order valence-electron chi connectivity index (χ0n) is 5.34. The van der Waals surface area contributed by atoms with Gasteiger partial charge in [-0.3, -0.25) is 0 Å². The Bertz CT molecular complexity index is 398. The number of aromatic nitrogens is 1. The molecular formula is C7H3BrClNS. The Morgan fingerprint density at radius 1 is 1.55 bits per heavy atom. The predicted octanol–water partition coefficient (Wildman–Crippen LogP) is 3.71. The lowest BCUT2D eigenvalue weighted by Crippen LogP contribution is -1.74. The van der Waals surface area contributed by atoms with E-state index in [0.29, 0.717) is 0 Å². The van der Waals surface area contributed by atoms with Crippen LogP contribution in [0.25, 0.3) is 10.2 Å². The van der Waals surface area contributed by atoms with Gasteiger partial charge in [-0.1, -0.05) is 11.6 Å². The normalized spacial score (nSPS) is 10.7. The van der Waals surface area contributed by atoms with Crippen LogP contribution in [0.5, 0.6) is 0 Å². The van der Waals surface area contributed by atoms with E-state index < -0.39 is 0 Å². The van der Waals surface area contributed by atoms with Gasteiger partial charge in [0.25, 0.3) is 0 Å². The van der Waals surface area contributed by atoms with Crippen molar-refractivity contribution in [2.75, 3.05) is 0 Å². The Morgan fingerprint density at radius 3 is 3.18 bits per heavy atom. The molecule has 0 radical (unpaired) electrons. The van der Waals surface area contributed by atoms with E-state index in [1.54, 1.807) is 17.5 Å². The number of rotatable bonds is 0. The Labute approximate surface area is 81.1 Å². The molecule has 0 spiro atoms. The summed E-state index contributed by atoms with van der Waals surface area (Å²) in [5.74, 6) is 0. The topological polar surface area (TPSA) is 12.9 Å². The Kier molecular flexibility index (Phi) is 1.87. The van der Waals surface area contributed by atoms with E-state index >= 15 is 0 Å². The number of hydrogen-bond donors (Lipinski definition) is 0. The van der Waals surface area contributed by atoms with Crippen molar-refractivity contribution in [3.63, 3.8) is 0 Å². The molecule has 0 aliphatic carbocycles. The molecule has 0 aliphatic heterocycles. The Balaban J connectivity index is 2.93. The fourth-order valence-corrected chi connectivity index (χ4v) is 2.19. The average molecular weight is 249 g/mol. The third-order valence-corrected chi connectivity index (χ3v) is 3.44. The largest absolute Gasteiger partial charge is 0.244 e. The molecular weight excluding hydrogens is 246 g/mol. The molecule has 0 aliphatic rings. The molecule has 0 N–H and O–H groups in total. The molecule has 2 aromatic rings. The molecule has 0 saturated heterocycles. The summed E-state index contributed by atoms with van der Waals surface area (Å²) in [6.07, 6.45) is 1.72. The van der Waals surface area contributed by atoms with Crippen LogP contribution in [0.2, 0.25) is 5.02 Å². The van der Waals surface area contributed by atoms with Crippen LogP contribution in [0.1, 0.15) is 0 Å². The van der Waals surface area contributed by atoms with E-state index in [0.717, 1.165) is 19.7 Å². The van der Waals surface area contributed by atoms with Crippen molar-refractivity contribution in [3.8, 4) is 0 Å². The summed E-state index contributed by atoms with van der Waals surface area (Å²) < 4.78 is 0.852. The van der Waals surface area contributed by atoms with Crippen LogP contribution in [0.15, 0.2) is 22.1 Å². The minimum atomic E-state index is 0.747. The van der Waals surface area contributed by atoms with Gasteiger partial charge in [-0.05, 0) is 27.4 Å². The number of fused-ring (bicyclic) bond motifs is 1. The summed E-state index contributed by atoms with van der Waals surface area (Å²) >= 11 is 10.9. The molecule has 1 nitrogen and oxygen atoms in total. The first-order valence-electron chi connectivity index (χ1n) is 2.96. The third-order valence-electron chi connectivity index (χ3n) is 1.39. The van der Waals surface area contributed by atoms with E-state index in [9.17, 15) is 0 Å². The minimum Gasteiger partial charge on any atom is -0.244 e. The van der Waals surface area contributed by atoms with Gasteiger partial charge in [-0.25, -0.2) is 4.98 Å². The first-order valence-corrected chi connectivity index (χ1v) is 5.01. The van der Waals surface area contributed by atoms with E-state index in [4.69, 9.17) is 11.6 Å². The fraction of sp³-hybridized carbons (Fsp3) is 0. The zero-order chi connectivity index (χ0) is 7.84. The maximum Gasteiger partial charge on any atom is 0.124 e. The molecule has 11 heavy (non-hydrogen) atoms. The SMILES string of the molecule is Clc1c(Br)cnc2sccc12. The number of thiophene rings is 1. The van der Waals surface area contributed by atoms with Gasteiger partial charge in [0.15, 0.2) is 0 Å².